The Morgan fingerprint density at radius 3 is 2.47 bits per heavy atom. The van der Waals surface area contributed by atoms with Crippen LogP contribution in [0, 0.1) is 0 Å². The van der Waals surface area contributed by atoms with Crippen LogP contribution in [-0.4, -0.2) is 23.0 Å². The van der Waals surface area contributed by atoms with Crippen LogP contribution in [-0.2, 0) is 15.4 Å². The number of hydrogen-bond donors (Lipinski definition) is 1. The molecule has 0 fully saturated rings. The van der Waals surface area contributed by atoms with Crippen molar-refractivity contribution in [2.45, 2.75) is 31.1 Å². The lowest BCUT2D eigenvalue weighted by Crippen LogP contribution is -2.16. The van der Waals surface area contributed by atoms with E-state index in [2.05, 4.69) is 35.5 Å². The molecule has 0 atom stereocenters. The van der Waals surface area contributed by atoms with Crippen LogP contribution in [0.3, 0.4) is 0 Å². The lowest BCUT2D eigenvalue weighted by molar-refractivity contribution is 0.587. The molecule has 8 heteroatoms. The number of halogens is 1. The molecule has 4 aromatic rings. The molecule has 0 amide bonds. The molecular weight excluding hydrogens is 420 g/mol. The van der Waals surface area contributed by atoms with E-state index in [1.54, 1.807) is 59.7 Å². The molecular formula is C22H21ClN4O2S. The first-order valence-corrected chi connectivity index (χ1v) is 11.2. The number of anilines is 1. The van der Waals surface area contributed by atoms with Gasteiger partial charge >= 0.3 is 0 Å². The second-order valence-electron chi connectivity index (χ2n) is 8.02. The third-order valence-electron chi connectivity index (χ3n) is 4.84. The molecule has 0 unspecified atom stereocenters. The predicted molar refractivity (Wildman–Crippen MR) is 120 cm³/mol. The summed E-state index contributed by atoms with van der Waals surface area (Å²) >= 11 is 6.21. The Morgan fingerprint density at radius 1 is 1.03 bits per heavy atom. The third-order valence-corrected chi connectivity index (χ3v) is 6.46. The maximum Gasteiger partial charge on any atom is 0.261 e. The van der Waals surface area contributed by atoms with E-state index >= 15 is 0 Å². The van der Waals surface area contributed by atoms with Gasteiger partial charge in [-0.2, -0.15) is 0 Å². The maximum atomic E-state index is 13.1. The number of sulfonamides is 1. The van der Waals surface area contributed by atoms with Crippen molar-refractivity contribution in [3.8, 4) is 5.69 Å². The second kappa shape index (κ2) is 7.41. The zero-order chi connectivity index (χ0) is 21.5. The van der Waals surface area contributed by atoms with Crippen molar-refractivity contribution in [2.24, 2.45) is 0 Å². The molecule has 0 aliphatic heterocycles. The van der Waals surface area contributed by atoms with Crippen molar-refractivity contribution in [2.75, 3.05) is 4.72 Å². The van der Waals surface area contributed by atoms with E-state index in [-0.39, 0.29) is 10.3 Å². The summed E-state index contributed by atoms with van der Waals surface area (Å²) in [7, 11) is -3.80. The minimum Gasteiger partial charge on any atom is -0.295 e. The molecule has 2 aromatic carbocycles. The molecule has 30 heavy (non-hydrogen) atoms. The summed E-state index contributed by atoms with van der Waals surface area (Å²) in [4.78, 5) is 8.69. The highest BCUT2D eigenvalue weighted by atomic mass is 35.5. The van der Waals surface area contributed by atoms with Crippen molar-refractivity contribution in [3.05, 3.63) is 77.8 Å². The molecule has 0 radical (unpaired) electrons. The Bertz CT molecular complexity index is 1320. The Labute approximate surface area is 180 Å². The number of nitrogens with one attached hydrogen (secondary N) is 1. The van der Waals surface area contributed by atoms with Crippen molar-refractivity contribution < 1.29 is 8.42 Å². The normalized spacial score (nSPS) is 12.3. The van der Waals surface area contributed by atoms with Gasteiger partial charge in [-0.15, -0.1) is 0 Å². The van der Waals surface area contributed by atoms with E-state index in [0.717, 1.165) is 16.6 Å². The monoisotopic (exact) mass is 440 g/mol. The summed E-state index contributed by atoms with van der Waals surface area (Å²) in [6.45, 7) is 6.25. The zero-order valence-electron chi connectivity index (χ0n) is 16.8. The van der Waals surface area contributed by atoms with Gasteiger partial charge in [0.2, 0.25) is 0 Å². The summed E-state index contributed by atoms with van der Waals surface area (Å²) in [6, 6.07) is 13.7. The Morgan fingerprint density at radius 2 is 1.77 bits per heavy atom. The number of benzene rings is 2. The fourth-order valence-electron chi connectivity index (χ4n) is 3.18. The molecule has 2 aromatic heterocycles. The summed E-state index contributed by atoms with van der Waals surface area (Å²) in [6.07, 6.45) is 4.95. The molecule has 1 N–H and O–H groups in total. The molecule has 0 aliphatic carbocycles. The number of fused-ring (bicyclic) bond motifs is 1. The van der Waals surface area contributed by atoms with Gasteiger partial charge in [-0.3, -0.25) is 14.3 Å². The molecule has 4 rings (SSSR count). The van der Waals surface area contributed by atoms with Gasteiger partial charge in [0.1, 0.15) is 6.33 Å². The van der Waals surface area contributed by atoms with Gasteiger partial charge in [0, 0.05) is 11.2 Å². The zero-order valence-corrected chi connectivity index (χ0v) is 18.4. The maximum absolute atomic E-state index is 13.1. The molecule has 0 saturated heterocycles. The molecule has 0 aliphatic rings. The predicted octanol–water partition coefficient (Wildman–Crippen LogP) is 5.17. The molecule has 154 valence electrons. The van der Waals surface area contributed by atoms with E-state index in [9.17, 15) is 8.42 Å². The van der Waals surface area contributed by atoms with Gasteiger partial charge in [0.25, 0.3) is 10.0 Å². The molecule has 0 saturated carbocycles. The van der Waals surface area contributed by atoms with Gasteiger partial charge < -0.3 is 0 Å². The first-order valence-electron chi connectivity index (χ1n) is 9.35. The Hall–Kier alpha value is -2.90. The number of nitrogens with zero attached hydrogens (tertiary/aromatic N) is 3. The minimum atomic E-state index is -3.80. The van der Waals surface area contributed by atoms with Crippen molar-refractivity contribution in [1.82, 2.24) is 14.5 Å². The van der Waals surface area contributed by atoms with E-state index in [1.807, 2.05) is 12.1 Å². The highest BCUT2D eigenvalue weighted by molar-refractivity contribution is 7.92. The van der Waals surface area contributed by atoms with E-state index in [1.165, 1.54) is 0 Å². The average Bonchev–Trinajstić information content (AvgIpc) is 3.13. The van der Waals surface area contributed by atoms with Gasteiger partial charge in [0.05, 0.1) is 33.5 Å². The number of aromatic nitrogens is 3. The lowest BCUT2D eigenvalue weighted by Gasteiger charge is -2.19. The third kappa shape index (κ3) is 3.91. The summed E-state index contributed by atoms with van der Waals surface area (Å²) in [5.41, 5.74) is 3.45. The molecule has 2 heterocycles. The van der Waals surface area contributed by atoms with Crippen LogP contribution in [0.5, 0.6) is 0 Å². The van der Waals surface area contributed by atoms with Gasteiger partial charge in [-0.05, 0) is 47.4 Å². The molecule has 6 nitrogen and oxygen atoms in total. The van der Waals surface area contributed by atoms with Crippen LogP contribution in [0.1, 0.15) is 26.3 Å². The minimum absolute atomic E-state index is 0.0599. The van der Waals surface area contributed by atoms with E-state index < -0.39 is 10.0 Å². The molecule has 0 spiro atoms. The number of imidazole rings is 1. The van der Waals surface area contributed by atoms with Crippen LogP contribution >= 0.6 is 11.6 Å². The summed E-state index contributed by atoms with van der Waals surface area (Å²) in [5, 5.41) is 0.480. The topological polar surface area (TPSA) is 76.9 Å². The highest BCUT2D eigenvalue weighted by Crippen LogP contribution is 2.30. The molecule has 0 bridgehead atoms. The average molecular weight is 441 g/mol. The largest absolute Gasteiger partial charge is 0.295 e. The van der Waals surface area contributed by atoms with Crippen LogP contribution in [0.2, 0.25) is 5.02 Å². The Kier molecular flexibility index (Phi) is 5.03. The van der Waals surface area contributed by atoms with Gasteiger partial charge in [-0.1, -0.05) is 44.5 Å². The van der Waals surface area contributed by atoms with E-state index in [4.69, 9.17) is 11.6 Å². The van der Waals surface area contributed by atoms with Crippen molar-refractivity contribution >= 4 is 38.3 Å². The van der Waals surface area contributed by atoms with Gasteiger partial charge in [0.15, 0.2) is 0 Å². The van der Waals surface area contributed by atoms with E-state index in [0.29, 0.717) is 16.4 Å². The van der Waals surface area contributed by atoms with Crippen LogP contribution < -0.4 is 4.72 Å². The summed E-state index contributed by atoms with van der Waals surface area (Å²) < 4.78 is 30.5. The highest BCUT2D eigenvalue weighted by Gasteiger charge is 2.20. The fraction of sp³-hybridized carbons (Fsp3) is 0.182. The first-order chi connectivity index (χ1) is 14.1. The Balaban J connectivity index is 1.75. The number of rotatable bonds is 4. The van der Waals surface area contributed by atoms with Gasteiger partial charge in [-0.25, -0.2) is 13.4 Å². The number of pyridine rings is 1. The van der Waals surface area contributed by atoms with Crippen molar-refractivity contribution in [1.29, 1.82) is 0 Å². The summed E-state index contributed by atoms with van der Waals surface area (Å²) in [5.74, 6) is 0. The first kappa shape index (κ1) is 20.4. The van der Waals surface area contributed by atoms with Crippen LogP contribution in [0.25, 0.3) is 16.7 Å². The standard InChI is InChI=1S/C22H21ClN4O2S/c1-22(2,3)15-4-7-17(8-5-15)30(28,29)26-19-9-6-16(23)12-20(19)27-14-25-18-10-11-24-13-21(18)27/h4-14,26H,1-3H3. The van der Waals surface area contributed by atoms with Crippen LogP contribution in [0.15, 0.2) is 72.1 Å². The fourth-order valence-corrected chi connectivity index (χ4v) is 4.42. The van der Waals surface area contributed by atoms with Crippen LogP contribution in [0.4, 0.5) is 5.69 Å². The number of hydrogen-bond acceptors (Lipinski definition) is 4. The lowest BCUT2D eigenvalue weighted by atomic mass is 9.87. The second-order valence-corrected chi connectivity index (χ2v) is 10.1. The van der Waals surface area contributed by atoms with Crippen molar-refractivity contribution in [3.63, 3.8) is 0 Å². The SMILES string of the molecule is CC(C)(C)c1ccc(S(=O)(=O)Nc2ccc(Cl)cc2-n2cnc3ccncc32)cc1. The quantitative estimate of drug-likeness (QED) is 0.474. The smallest absolute Gasteiger partial charge is 0.261 e.